The van der Waals surface area contributed by atoms with Gasteiger partial charge in [0.05, 0.1) is 0 Å². The van der Waals surface area contributed by atoms with Gasteiger partial charge < -0.3 is 8.99 Å². The summed E-state index contributed by atoms with van der Waals surface area (Å²) in [5.74, 6) is 0. The van der Waals surface area contributed by atoms with Crippen LogP contribution in [0.5, 0.6) is 0 Å². The fraction of sp³-hybridized carbons (Fsp3) is 0.550. The summed E-state index contributed by atoms with van der Waals surface area (Å²) in [5.41, 5.74) is 2.58. The monoisotopic (exact) mass is 422 g/mol. The van der Waals surface area contributed by atoms with Crippen LogP contribution in [0.3, 0.4) is 0 Å². The maximum absolute atomic E-state index is 6.27. The smallest absolute Gasteiger partial charge is 0.191 e. The van der Waals surface area contributed by atoms with E-state index < -0.39 is 8.32 Å². The minimum absolute atomic E-state index is 0.284. The molecule has 1 heterocycles. The van der Waals surface area contributed by atoms with Crippen LogP contribution in [-0.2, 0) is 17.4 Å². The zero-order valence-corrected chi connectivity index (χ0v) is 18.8. The maximum atomic E-state index is 6.27. The van der Waals surface area contributed by atoms with Crippen molar-refractivity contribution in [2.24, 2.45) is 0 Å². The Bertz CT molecular complexity index is 662. The normalized spacial score (nSPS) is 12.6. The highest BCUT2D eigenvalue weighted by Gasteiger charge is 2.36. The molecule has 2 aromatic rings. The van der Waals surface area contributed by atoms with Gasteiger partial charge in [-0.1, -0.05) is 51.1 Å². The van der Waals surface area contributed by atoms with Gasteiger partial charge in [-0.25, -0.2) is 4.98 Å². The van der Waals surface area contributed by atoms with Gasteiger partial charge in [0.25, 0.3) is 0 Å². The van der Waals surface area contributed by atoms with Crippen molar-refractivity contribution in [3.05, 3.63) is 52.5 Å². The zero-order chi connectivity index (χ0) is 18.5. The van der Waals surface area contributed by atoms with Crippen molar-refractivity contribution in [3.8, 4) is 0 Å². The molecule has 25 heavy (non-hydrogen) atoms. The largest absolute Gasteiger partial charge is 0.417 e. The fourth-order valence-corrected chi connectivity index (χ4v) is 4.01. The van der Waals surface area contributed by atoms with Crippen LogP contribution < -0.4 is 0 Å². The van der Waals surface area contributed by atoms with Crippen molar-refractivity contribution in [2.75, 3.05) is 6.61 Å². The van der Waals surface area contributed by atoms with E-state index >= 15 is 0 Å². The Balaban J connectivity index is 1.84. The average Bonchev–Trinajstić information content (AvgIpc) is 2.87. The summed E-state index contributed by atoms with van der Waals surface area (Å²) in [6.45, 7) is 13.2. The van der Waals surface area contributed by atoms with Crippen LogP contribution >= 0.6 is 15.9 Å². The summed E-state index contributed by atoms with van der Waals surface area (Å²) in [5, 5.41) is 0.284. The van der Waals surface area contributed by atoms with E-state index in [0.29, 0.717) is 0 Å². The van der Waals surface area contributed by atoms with E-state index in [0.717, 1.165) is 37.1 Å². The third-order valence-electron chi connectivity index (χ3n) is 5.17. The van der Waals surface area contributed by atoms with E-state index in [2.05, 4.69) is 89.7 Å². The third kappa shape index (κ3) is 5.80. The van der Waals surface area contributed by atoms with Crippen LogP contribution in [0.2, 0.25) is 18.1 Å². The molecular formula is C20H31BrN2OSi. The number of hydrogen-bond donors (Lipinski definition) is 0. The lowest BCUT2D eigenvalue weighted by Crippen LogP contribution is -2.40. The van der Waals surface area contributed by atoms with Crippen LogP contribution in [0.1, 0.15) is 44.9 Å². The number of aryl methyl sites for hydroxylation is 1. The van der Waals surface area contributed by atoms with Gasteiger partial charge in [0.15, 0.2) is 13.1 Å². The lowest BCUT2D eigenvalue weighted by Gasteiger charge is -2.36. The van der Waals surface area contributed by atoms with E-state index in [1.807, 2.05) is 6.20 Å². The van der Waals surface area contributed by atoms with Crippen LogP contribution in [0, 0.1) is 0 Å². The van der Waals surface area contributed by atoms with Gasteiger partial charge in [-0.15, -0.1) is 0 Å². The summed E-state index contributed by atoms with van der Waals surface area (Å²) in [4.78, 5) is 4.44. The molecule has 2 rings (SSSR count). The minimum Gasteiger partial charge on any atom is -0.417 e. The molecule has 1 aromatic carbocycles. The van der Waals surface area contributed by atoms with Crippen molar-refractivity contribution < 1.29 is 4.43 Å². The standard InChI is InChI=1S/C20H31BrN2OSi/c1-20(2,3)25(4,5)24-14-10-9-13-18-15-22-19(21)23(18)16-17-11-7-6-8-12-17/h6-8,11-12,15H,9-10,13-14,16H2,1-5H3. The molecule has 0 atom stereocenters. The number of benzene rings is 1. The predicted octanol–water partition coefficient (Wildman–Crippen LogP) is 6.04. The molecule has 0 aliphatic carbocycles. The van der Waals surface area contributed by atoms with Gasteiger partial charge in [0.2, 0.25) is 0 Å². The lowest BCUT2D eigenvalue weighted by molar-refractivity contribution is 0.279. The van der Waals surface area contributed by atoms with Gasteiger partial charge in [-0.3, -0.25) is 0 Å². The Hall–Kier alpha value is -0.913. The van der Waals surface area contributed by atoms with E-state index in [9.17, 15) is 0 Å². The first-order chi connectivity index (χ1) is 11.7. The second-order valence-electron chi connectivity index (χ2n) is 8.16. The van der Waals surface area contributed by atoms with E-state index in [1.54, 1.807) is 0 Å². The molecule has 0 N–H and O–H groups in total. The average molecular weight is 423 g/mol. The zero-order valence-electron chi connectivity index (χ0n) is 16.2. The summed E-state index contributed by atoms with van der Waals surface area (Å²) in [6.07, 6.45) is 5.25. The second kappa shape index (κ2) is 8.65. The summed E-state index contributed by atoms with van der Waals surface area (Å²) in [7, 11) is -1.62. The Morgan fingerprint density at radius 2 is 1.80 bits per heavy atom. The first-order valence-corrected chi connectivity index (χ1v) is 12.8. The quantitative estimate of drug-likeness (QED) is 0.382. The van der Waals surface area contributed by atoms with Crippen molar-refractivity contribution in [2.45, 2.75) is 64.7 Å². The molecule has 5 heteroatoms. The fourth-order valence-electron chi connectivity index (χ4n) is 2.47. The van der Waals surface area contributed by atoms with Gasteiger partial charge in [-0.2, -0.15) is 0 Å². The molecule has 0 saturated heterocycles. The number of rotatable bonds is 8. The molecule has 0 aliphatic rings. The molecule has 138 valence electrons. The minimum atomic E-state index is -1.62. The molecule has 0 saturated carbocycles. The SMILES string of the molecule is CC(C)(C)[Si](C)(C)OCCCCc1cnc(Br)n1Cc1ccccc1. The highest BCUT2D eigenvalue weighted by Crippen LogP contribution is 2.36. The van der Waals surface area contributed by atoms with E-state index in [-0.39, 0.29) is 5.04 Å². The Kier molecular flexibility index (Phi) is 7.06. The molecular weight excluding hydrogens is 392 g/mol. The van der Waals surface area contributed by atoms with E-state index in [1.165, 1.54) is 11.3 Å². The number of halogens is 1. The third-order valence-corrected chi connectivity index (χ3v) is 10.3. The highest BCUT2D eigenvalue weighted by molar-refractivity contribution is 9.10. The van der Waals surface area contributed by atoms with Gasteiger partial charge in [0, 0.05) is 25.0 Å². The summed E-state index contributed by atoms with van der Waals surface area (Å²) in [6, 6.07) is 10.5. The number of aromatic nitrogens is 2. The van der Waals surface area contributed by atoms with Crippen molar-refractivity contribution >= 4 is 24.2 Å². The van der Waals surface area contributed by atoms with Gasteiger partial charge in [-0.05, 0) is 58.9 Å². The van der Waals surface area contributed by atoms with Crippen molar-refractivity contribution in [1.82, 2.24) is 9.55 Å². The number of imidazole rings is 1. The number of nitrogens with zero attached hydrogens (tertiary/aromatic N) is 2. The molecule has 0 unspecified atom stereocenters. The van der Waals surface area contributed by atoms with Crippen molar-refractivity contribution in [3.63, 3.8) is 0 Å². The molecule has 3 nitrogen and oxygen atoms in total. The van der Waals surface area contributed by atoms with E-state index in [4.69, 9.17) is 4.43 Å². The first kappa shape index (κ1) is 20.4. The Labute approximate surface area is 162 Å². The van der Waals surface area contributed by atoms with Gasteiger partial charge >= 0.3 is 0 Å². The molecule has 0 aliphatic heterocycles. The van der Waals surface area contributed by atoms with Crippen molar-refractivity contribution in [1.29, 1.82) is 0 Å². The van der Waals surface area contributed by atoms with Gasteiger partial charge in [0.1, 0.15) is 0 Å². The molecule has 0 fully saturated rings. The topological polar surface area (TPSA) is 27.1 Å². The predicted molar refractivity (Wildman–Crippen MR) is 112 cm³/mol. The molecule has 0 radical (unpaired) electrons. The summed E-state index contributed by atoms with van der Waals surface area (Å²) >= 11 is 3.58. The van der Waals surface area contributed by atoms with Crippen LogP contribution in [-0.4, -0.2) is 24.5 Å². The number of hydrogen-bond acceptors (Lipinski definition) is 2. The lowest BCUT2D eigenvalue weighted by atomic mass is 10.2. The Morgan fingerprint density at radius 3 is 2.44 bits per heavy atom. The van der Waals surface area contributed by atoms with Crippen LogP contribution in [0.4, 0.5) is 0 Å². The second-order valence-corrected chi connectivity index (χ2v) is 13.7. The molecule has 1 aromatic heterocycles. The van der Waals surface area contributed by atoms with Crippen LogP contribution in [0.15, 0.2) is 41.3 Å². The van der Waals surface area contributed by atoms with Crippen LogP contribution in [0.25, 0.3) is 0 Å². The Morgan fingerprint density at radius 1 is 1.12 bits per heavy atom. The number of unbranched alkanes of at least 4 members (excludes halogenated alkanes) is 1. The summed E-state index contributed by atoms with van der Waals surface area (Å²) < 4.78 is 9.43. The highest BCUT2D eigenvalue weighted by atomic mass is 79.9. The molecule has 0 spiro atoms. The molecule has 0 bridgehead atoms. The first-order valence-electron chi connectivity index (χ1n) is 9.08. The maximum Gasteiger partial charge on any atom is 0.191 e. The molecule has 0 amide bonds.